The first-order valence-corrected chi connectivity index (χ1v) is 6.06. The maximum absolute atomic E-state index is 11.3. The van der Waals surface area contributed by atoms with Crippen molar-refractivity contribution in [3.8, 4) is 5.75 Å². The molecule has 0 aliphatic carbocycles. The van der Waals surface area contributed by atoms with Crippen LogP contribution in [0.2, 0.25) is 0 Å². The molecule has 0 saturated carbocycles. The van der Waals surface area contributed by atoms with Gasteiger partial charge in [-0.2, -0.15) is 0 Å². The molecule has 0 unspecified atom stereocenters. The largest absolute Gasteiger partial charge is 0.492 e. The van der Waals surface area contributed by atoms with Crippen LogP contribution in [0.25, 0.3) is 0 Å². The zero-order valence-corrected chi connectivity index (χ0v) is 10.8. The highest BCUT2D eigenvalue weighted by molar-refractivity contribution is 5.74. The van der Waals surface area contributed by atoms with Gasteiger partial charge in [-0.3, -0.25) is 4.79 Å². The van der Waals surface area contributed by atoms with Crippen molar-refractivity contribution < 1.29 is 9.53 Å². The average molecular weight is 249 g/mol. The molecule has 0 aromatic heterocycles. The number of hydrogen-bond donors (Lipinski definition) is 1. The van der Waals surface area contributed by atoms with Crippen LogP contribution in [0.4, 0.5) is 11.4 Å². The van der Waals surface area contributed by atoms with Gasteiger partial charge in [0.2, 0.25) is 5.91 Å². The Hall–Kier alpha value is -1.91. The van der Waals surface area contributed by atoms with Crippen molar-refractivity contribution in [1.29, 1.82) is 0 Å². The summed E-state index contributed by atoms with van der Waals surface area (Å²) in [6, 6.07) is 5.75. The number of nitrogens with zero attached hydrogens (tertiary/aromatic N) is 2. The molecular weight excluding hydrogens is 230 g/mol. The lowest BCUT2D eigenvalue weighted by Gasteiger charge is -2.36. The fraction of sp³-hybridized carbons (Fsp3) is 0.462. The van der Waals surface area contributed by atoms with Gasteiger partial charge in [-0.05, 0) is 12.1 Å². The van der Waals surface area contributed by atoms with Crippen LogP contribution in [0.3, 0.4) is 0 Å². The van der Waals surface area contributed by atoms with Crippen LogP contribution >= 0.6 is 0 Å². The molecule has 0 bridgehead atoms. The van der Waals surface area contributed by atoms with Crippen LogP contribution < -0.4 is 15.4 Å². The quantitative estimate of drug-likeness (QED) is 0.793. The lowest BCUT2D eigenvalue weighted by molar-refractivity contribution is -0.129. The van der Waals surface area contributed by atoms with Crippen molar-refractivity contribution in [3.05, 3.63) is 18.2 Å². The molecular formula is C13H19N3O2. The van der Waals surface area contributed by atoms with E-state index in [-0.39, 0.29) is 5.91 Å². The van der Waals surface area contributed by atoms with Crippen molar-refractivity contribution in [2.24, 2.45) is 0 Å². The Morgan fingerprint density at radius 1 is 1.28 bits per heavy atom. The smallest absolute Gasteiger partial charge is 0.219 e. The average Bonchev–Trinajstić information content (AvgIpc) is 2.38. The molecule has 5 nitrogen and oxygen atoms in total. The zero-order chi connectivity index (χ0) is 13.1. The second kappa shape index (κ2) is 5.16. The number of hydrogen-bond acceptors (Lipinski definition) is 4. The summed E-state index contributed by atoms with van der Waals surface area (Å²) >= 11 is 0. The minimum Gasteiger partial charge on any atom is -0.492 e. The lowest BCUT2D eigenvalue weighted by Crippen LogP contribution is -2.48. The first-order chi connectivity index (χ1) is 8.63. The monoisotopic (exact) mass is 249 g/mol. The summed E-state index contributed by atoms with van der Waals surface area (Å²) in [5.74, 6) is 0.850. The van der Waals surface area contributed by atoms with Crippen molar-refractivity contribution in [3.63, 3.8) is 0 Å². The van der Waals surface area contributed by atoms with Gasteiger partial charge >= 0.3 is 0 Å². The summed E-state index contributed by atoms with van der Waals surface area (Å²) in [5, 5.41) is 0. The molecule has 1 aromatic rings. The van der Waals surface area contributed by atoms with Gasteiger partial charge in [0.05, 0.1) is 18.5 Å². The van der Waals surface area contributed by atoms with Crippen LogP contribution in [-0.2, 0) is 4.79 Å². The number of carbonyl (C=O) groups excluding carboxylic acids is 1. The predicted molar refractivity (Wildman–Crippen MR) is 71.9 cm³/mol. The third kappa shape index (κ3) is 2.34. The molecule has 2 N–H and O–H groups in total. The van der Waals surface area contributed by atoms with E-state index in [1.54, 1.807) is 14.0 Å². The number of benzene rings is 1. The Kier molecular flexibility index (Phi) is 3.60. The summed E-state index contributed by atoms with van der Waals surface area (Å²) in [6.07, 6.45) is 0. The number of amides is 1. The predicted octanol–water partition coefficient (Wildman–Crippen LogP) is 0.946. The molecule has 1 aromatic carbocycles. The van der Waals surface area contributed by atoms with E-state index in [4.69, 9.17) is 10.5 Å². The van der Waals surface area contributed by atoms with E-state index in [0.29, 0.717) is 11.4 Å². The number of nitrogens with two attached hydrogens (primary N) is 1. The third-order valence-electron chi connectivity index (χ3n) is 3.29. The van der Waals surface area contributed by atoms with Gasteiger partial charge in [0.25, 0.3) is 0 Å². The van der Waals surface area contributed by atoms with Gasteiger partial charge < -0.3 is 20.3 Å². The third-order valence-corrected chi connectivity index (χ3v) is 3.29. The molecule has 1 fully saturated rings. The van der Waals surface area contributed by atoms with Crippen LogP contribution in [-0.4, -0.2) is 44.1 Å². The van der Waals surface area contributed by atoms with Gasteiger partial charge in [0, 0.05) is 33.1 Å². The molecule has 1 saturated heterocycles. The first kappa shape index (κ1) is 12.5. The van der Waals surface area contributed by atoms with E-state index in [1.165, 1.54) is 0 Å². The van der Waals surface area contributed by atoms with Crippen molar-refractivity contribution in [2.45, 2.75) is 6.92 Å². The van der Waals surface area contributed by atoms with E-state index in [1.807, 2.05) is 23.1 Å². The van der Waals surface area contributed by atoms with Gasteiger partial charge in [0.15, 0.2) is 5.75 Å². The molecule has 5 heteroatoms. The summed E-state index contributed by atoms with van der Waals surface area (Å²) in [7, 11) is 1.63. The van der Waals surface area contributed by atoms with Gasteiger partial charge in [0.1, 0.15) is 0 Å². The van der Waals surface area contributed by atoms with E-state index in [2.05, 4.69) is 4.90 Å². The van der Waals surface area contributed by atoms with Gasteiger partial charge in [-0.15, -0.1) is 0 Å². The Balaban J connectivity index is 2.14. The molecule has 2 rings (SSSR count). The number of carbonyl (C=O) groups is 1. The highest BCUT2D eigenvalue weighted by Crippen LogP contribution is 2.34. The number of piperazine rings is 1. The maximum atomic E-state index is 11.3. The number of rotatable bonds is 2. The molecule has 0 spiro atoms. The van der Waals surface area contributed by atoms with Crippen molar-refractivity contribution in [1.82, 2.24) is 4.90 Å². The van der Waals surface area contributed by atoms with Gasteiger partial charge in [-0.1, -0.05) is 6.07 Å². The van der Waals surface area contributed by atoms with Crippen molar-refractivity contribution >= 4 is 17.3 Å². The highest BCUT2D eigenvalue weighted by Gasteiger charge is 2.21. The molecule has 1 aliphatic rings. The Morgan fingerprint density at radius 2 is 1.94 bits per heavy atom. The summed E-state index contributed by atoms with van der Waals surface area (Å²) in [5.41, 5.74) is 7.54. The lowest BCUT2D eigenvalue weighted by atomic mass is 10.2. The molecule has 0 atom stereocenters. The molecule has 1 heterocycles. The second-order valence-corrected chi connectivity index (χ2v) is 4.39. The minimum atomic E-state index is 0.134. The highest BCUT2D eigenvalue weighted by atomic mass is 16.5. The Labute approximate surface area is 107 Å². The van der Waals surface area contributed by atoms with Crippen LogP contribution in [0, 0.1) is 0 Å². The number of para-hydroxylation sites is 1. The Morgan fingerprint density at radius 3 is 2.50 bits per heavy atom. The Bertz CT molecular complexity index is 440. The molecule has 1 aliphatic heterocycles. The maximum Gasteiger partial charge on any atom is 0.219 e. The second-order valence-electron chi connectivity index (χ2n) is 4.39. The van der Waals surface area contributed by atoms with E-state index >= 15 is 0 Å². The SMILES string of the molecule is COc1c(N)cccc1N1CCN(C(C)=O)CC1. The fourth-order valence-corrected chi connectivity index (χ4v) is 2.28. The summed E-state index contributed by atoms with van der Waals surface area (Å²) in [4.78, 5) is 15.3. The first-order valence-electron chi connectivity index (χ1n) is 6.06. The summed E-state index contributed by atoms with van der Waals surface area (Å²) in [6.45, 7) is 4.70. The minimum absolute atomic E-state index is 0.134. The number of ether oxygens (including phenoxy) is 1. The number of methoxy groups -OCH3 is 1. The molecule has 1 amide bonds. The standard InChI is InChI=1S/C13H19N3O2/c1-10(17)15-6-8-16(9-7-15)12-5-3-4-11(14)13(12)18-2/h3-5H,6-9,14H2,1-2H3. The van der Waals surface area contributed by atoms with Crippen LogP contribution in [0.15, 0.2) is 18.2 Å². The molecule has 18 heavy (non-hydrogen) atoms. The van der Waals surface area contributed by atoms with Gasteiger partial charge in [-0.25, -0.2) is 0 Å². The number of anilines is 2. The topological polar surface area (TPSA) is 58.8 Å². The summed E-state index contributed by atoms with van der Waals surface area (Å²) < 4.78 is 5.36. The van der Waals surface area contributed by atoms with Crippen LogP contribution in [0.5, 0.6) is 5.75 Å². The van der Waals surface area contributed by atoms with E-state index in [9.17, 15) is 4.79 Å². The van der Waals surface area contributed by atoms with E-state index < -0.39 is 0 Å². The normalized spacial score (nSPS) is 15.7. The van der Waals surface area contributed by atoms with E-state index in [0.717, 1.165) is 31.9 Å². The van der Waals surface area contributed by atoms with Crippen LogP contribution in [0.1, 0.15) is 6.92 Å². The zero-order valence-electron chi connectivity index (χ0n) is 10.8. The van der Waals surface area contributed by atoms with Crippen molar-refractivity contribution in [2.75, 3.05) is 43.9 Å². The molecule has 0 radical (unpaired) electrons. The number of nitrogen functional groups attached to an aromatic ring is 1. The molecule has 98 valence electrons. The fourth-order valence-electron chi connectivity index (χ4n) is 2.28.